The number of ether oxygens (including phenoxy) is 1. The molecule has 0 fully saturated rings. The Labute approximate surface area is 179 Å². The average Bonchev–Trinajstić information content (AvgIpc) is 2.79. The van der Waals surface area contributed by atoms with Crippen molar-refractivity contribution in [2.24, 2.45) is 5.10 Å². The number of carbonyl (C=O) groups excluding carboxylic acids is 1. The second kappa shape index (κ2) is 9.46. The Morgan fingerprint density at radius 1 is 0.967 bits per heavy atom. The molecular weight excluding hydrogens is 392 g/mol. The Balaban J connectivity index is 1.41. The van der Waals surface area contributed by atoms with E-state index in [1.807, 2.05) is 48.5 Å². The Hall–Kier alpha value is -3.31. The van der Waals surface area contributed by atoms with Gasteiger partial charge in [0.15, 0.2) is 0 Å². The van der Waals surface area contributed by atoms with Gasteiger partial charge in [0.2, 0.25) is 5.91 Å². The van der Waals surface area contributed by atoms with Crippen molar-refractivity contribution in [1.82, 2.24) is 5.43 Å². The average molecular weight is 415 g/mol. The Kier molecular flexibility index (Phi) is 6.30. The molecule has 4 nitrogen and oxygen atoms in total. The van der Waals surface area contributed by atoms with Crippen LogP contribution in [0.4, 0.5) is 0 Å². The van der Waals surface area contributed by atoms with Crippen LogP contribution >= 0.6 is 11.8 Å². The molecule has 4 aromatic rings. The van der Waals surface area contributed by atoms with Crippen LogP contribution in [-0.2, 0) is 10.5 Å². The summed E-state index contributed by atoms with van der Waals surface area (Å²) in [5.74, 6) is 1.82. The summed E-state index contributed by atoms with van der Waals surface area (Å²) in [7, 11) is 1.65. The molecular formula is C25H22N2O2S. The minimum atomic E-state index is -0.116. The standard InChI is InChI=1S/C25H22N2O2S/c1-29-21-12-10-18(11-13-21)16-30-17-25(28)27-26-15-24-22-8-4-2-6-19(22)14-20-7-3-5-9-23(20)24/h2-15H,16-17H2,1H3,(H,27,28)/b26-15-. The van der Waals surface area contributed by atoms with E-state index in [2.05, 4.69) is 40.9 Å². The molecule has 0 aliphatic heterocycles. The van der Waals surface area contributed by atoms with Crippen molar-refractivity contribution in [1.29, 1.82) is 0 Å². The molecule has 0 saturated carbocycles. The van der Waals surface area contributed by atoms with Crippen molar-refractivity contribution in [2.75, 3.05) is 12.9 Å². The third-order valence-corrected chi connectivity index (χ3v) is 5.86. The molecule has 1 amide bonds. The number of benzene rings is 4. The van der Waals surface area contributed by atoms with Gasteiger partial charge in [-0.2, -0.15) is 5.10 Å². The third-order valence-electron chi connectivity index (χ3n) is 4.86. The van der Waals surface area contributed by atoms with Crippen LogP contribution in [0, 0.1) is 0 Å². The van der Waals surface area contributed by atoms with Gasteiger partial charge in [0, 0.05) is 11.3 Å². The van der Waals surface area contributed by atoms with E-state index < -0.39 is 0 Å². The lowest BCUT2D eigenvalue weighted by Gasteiger charge is -2.08. The Morgan fingerprint density at radius 2 is 1.60 bits per heavy atom. The molecule has 30 heavy (non-hydrogen) atoms. The van der Waals surface area contributed by atoms with E-state index in [1.54, 1.807) is 25.1 Å². The molecule has 150 valence electrons. The maximum absolute atomic E-state index is 12.2. The first kappa shape index (κ1) is 20.0. The lowest BCUT2D eigenvalue weighted by Crippen LogP contribution is -2.19. The number of thioether (sulfide) groups is 1. The molecule has 0 aliphatic rings. The van der Waals surface area contributed by atoms with Crippen molar-refractivity contribution in [3.05, 3.63) is 90.0 Å². The van der Waals surface area contributed by atoms with Gasteiger partial charge in [0.25, 0.3) is 0 Å². The van der Waals surface area contributed by atoms with Crippen LogP contribution < -0.4 is 10.2 Å². The summed E-state index contributed by atoms with van der Waals surface area (Å²) in [5.41, 5.74) is 4.82. The van der Waals surface area contributed by atoms with Gasteiger partial charge < -0.3 is 4.74 Å². The molecule has 0 aliphatic carbocycles. The molecule has 0 spiro atoms. The summed E-state index contributed by atoms with van der Waals surface area (Å²) in [4.78, 5) is 12.2. The van der Waals surface area contributed by atoms with Crippen LogP contribution in [0.15, 0.2) is 84.0 Å². The molecule has 0 aromatic heterocycles. The molecule has 4 rings (SSSR count). The van der Waals surface area contributed by atoms with Crippen molar-refractivity contribution in [2.45, 2.75) is 5.75 Å². The minimum absolute atomic E-state index is 0.116. The summed E-state index contributed by atoms with van der Waals surface area (Å²) in [5, 5.41) is 8.77. The number of hydrogen-bond donors (Lipinski definition) is 1. The molecule has 4 aromatic carbocycles. The van der Waals surface area contributed by atoms with E-state index in [0.29, 0.717) is 5.75 Å². The van der Waals surface area contributed by atoms with E-state index in [9.17, 15) is 4.79 Å². The number of nitrogens with one attached hydrogen (secondary N) is 1. The SMILES string of the molecule is COc1ccc(CSCC(=O)N/N=C\c2c3ccccc3cc3ccccc23)cc1. The predicted molar refractivity (Wildman–Crippen MR) is 126 cm³/mol. The normalized spacial score (nSPS) is 11.2. The summed E-state index contributed by atoms with van der Waals surface area (Å²) in [6.07, 6.45) is 1.75. The molecule has 0 bridgehead atoms. The summed E-state index contributed by atoms with van der Waals surface area (Å²) < 4.78 is 5.16. The lowest BCUT2D eigenvalue weighted by atomic mass is 9.97. The maximum Gasteiger partial charge on any atom is 0.250 e. The number of nitrogens with zero attached hydrogens (tertiary/aromatic N) is 1. The van der Waals surface area contributed by atoms with E-state index in [0.717, 1.165) is 44.2 Å². The van der Waals surface area contributed by atoms with E-state index in [1.165, 1.54) is 0 Å². The topological polar surface area (TPSA) is 50.7 Å². The highest BCUT2D eigenvalue weighted by molar-refractivity contribution is 7.99. The van der Waals surface area contributed by atoms with Gasteiger partial charge in [-0.25, -0.2) is 5.43 Å². The zero-order valence-electron chi connectivity index (χ0n) is 16.7. The van der Waals surface area contributed by atoms with Crippen LogP contribution in [0.5, 0.6) is 5.75 Å². The number of amides is 1. The van der Waals surface area contributed by atoms with Crippen molar-refractivity contribution in [3.63, 3.8) is 0 Å². The van der Waals surface area contributed by atoms with Gasteiger partial charge in [0.05, 0.1) is 19.1 Å². The monoisotopic (exact) mass is 414 g/mol. The Morgan fingerprint density at radius 3 is 2.23 bits per heavy atom. The van der Waals surface area contributed by atoms with E-state index >= 15 is 0 Å². The van der Waals surface area contributed by atoms with Crippen molar-refractivity contribution >= 4 is 45.4 Å². The second-order valence-electron chi connectivity index (χ2n) is 6.87. The molecule has 0 heterocycles. The van der Waals surface area contributed by atoms with Gasteiger partial charge in [-0.1, -0.05) is 60.7 Å². The van der Waals surface area contributed by atoms with Crippen LogP contribution in [0.2, 0.25) is 0 Å². The smallest absolute Gasteiger partial charge is 0.250 e. The summed E-state index contributed by atoms with van der Waals surface area (Å²) in [6.45, 7) is 0. The molecule has 5 heteroatoms. The number of carbonyl (C=O) groups is 1. The minimum Gasteiger partial charge on any atom is -0.497 e. The number of fused-ring (bicyclic) bond motifs is 2. The fourth-order valence-corrected chi connectivity index (χ4v) is 4.15. The zero-order valence-corrected chi connectivity index (χ0v) is 17.5. The maximum atomic E-state index is 12.2. The predicted octanol–water partition coefficient (Wildman–Crippen LogP) is 5.39. The molecule has 0 atom stereocenters. The fraction of sp³-hybridized carbons (Fsp3) is 0.120. The third kappa shape index (κ3) is 4.63. The van der Waals surface area contributed by atoms with Crippen LogP contribution in [0.3, 0.4) is 0 Å². The quantitative estimate of drug-likeness (QED) is 0.251. The highest BCUT2D eigenvalue weighted by Gasteiger charge is 2.06. The number of rotatable bonds is 7. The fourth-order valence-electron chi connectivity index (χ4n) is 3.37. The van der Waals surface area contributed by atoms with Gasteiger partial charge in [0.1, 0.15) is 5.75 Å². The van der Waals surface area contributed by atoms with Gasteiger partial charge >= 0.3 is 0 Å². The molecule has 0 saturated heterocycles. The van der Waals surface area contributed by atoms with Gasteiger partial charge in [-0.05, 0) is 45.3 Å². The van der Waals surface area contributed by atoms with Crippen molar-refractivity contribution < 1.29 is 9.53 Å². The van der Waals surface area contributed by atoms with Gasteiger partial charge in [-0.3, -0.25) is 4.79 Å². The van der Waals surface area contributed by atoms with Crippen molar-refractivity contribution in [3.8, 4) is 5.75 Å². The zero-order chi connectivity index (χ0) is 20.8. The Bertz CT molecular complexity index is 1150. The second-order valence-corrected chi connectivity index (χ2v) is 7.85. The molecule has 0 radical (unpaired) electrons. The molecule has 0 unspecified atom stereocenters. The number of hydrazone groups is 1. The van der Waals surface area contributed by atoms with E-state index in [-0.39, 0.29) is 5.91 Å². The first-order chi connectivity index (χ1) is 14.7. The van der Waals surface area contributed by atoms with Crippen LogP contribution in [-0.4, -0.2) is 25.0 Å². The highest BCUT2D eigenvalue weighted by Crippen LogP contribution is 2.27. The summed E-state index contributed by atoms with van der Waals surface area (Å²) >= 11 is 1.55. The first-order valence-corrected chi connectivity index (χ1v) is 10.8. The van der Waals surface area contributed by atoms with Crippen LogP contribution in [0.25, 0.3) is 21.5 Å². The highest BCUT2D eigenvalue weighted by atomic mass is 32.2. The van der Waals surface area contributed by atoms with Gasteiger partial charge in [-0.15, -0.1) is 11.8 Å². The molecule has 1 N–H and O–H groups in total. The van der Waals surface area contributed by atoms with E-state index in [4.69, 9.17) is 4.74 Å². The number of methoxy groups -OCH3 is 1. The first-order valence-electron chi connectivity index (χ1n) is 9.67. The van der Waals surface area contributed by atoms with Crippen LogP contribution in [0.1, 0.15) is 11.1 Å². The summed E-state index contributed by atoms with van der Waals surface area (Å²) in [6, 6.07) is 26.5. The largest absolute Gasteiger partial charge is 0.497 e. The number of hydrogen-bond acceptors (Lipinski definition) is 4. The lowest BCUT2D eigenvalue weighted by molar-refractivity contribution is -0.118.